The van der Waals surface area contributed by atoms with Crippen molar-refractivity contribution in [2.75, 3.05) is 13.1 Å². The van der Waals surface area contributed by atoms with Crippen molar-refractivity contribution in [3.8, 4) is 22.4 Å². The molecule has 0 spiro atoms. The van der Waals surface area contributed by atoms with Gasteiger partial charge in [0, 0.05) is 60.3 Å². The molecule has 2 aromatic carbocycles. The Morgan fingerprint density at radius 2 is 1.87 bits per heavy atom. The van der Waals surface area contributed by atoms with Crippen molar-refractivity contribution >= 4 is 17.2 Å². The molecule has 0 bridgehead atoms. The third-order valence-electron chi connectivity index (χ3n) is 10.1. The van der Waals surface area contributed by atoms with Gasteiger partial charge in [0.15, 0.2) is 0 Å². The van der Waals surface area contributed by atoms with E-state index in [1.165, 1.54) is 63.0 Å². The van der Waals surface area contributed by atoms with Crippen molar-refractivity contribution < 1.29 is 4.79 Å². The number of aldehydes is 1. The molecule has 0 saturated carbocycles. The van der Waals surface area contributed by atoms with Crippen molar-refractivity contribution in [2.24, 2.45) is 11.3 Å². The number of hydrogen-bond donors (Lipinski definition) is 1. The second kappa shape index (κ2) is 14.8. The Balaban J connectivity index is 1.59. The van der Waals surface area contributed by atoms with Gasteiger partial charge in [-0.1, -0.05) is 71.5 Å². The monoisotopic (exact) mass is 618 g/mol. The molecular formula is C41H54N4O. The molecule has 46 heavy (non-hydrogen) atoms. The summed E-state index contributed by atoms with van der Waals surface area (Å²) in [6, 6.07) is 20.4. The van der Waals surface area contributed by atoms with Crippen molar-refractivity contribution in [3.63, 3.8) is 0 Å². The van der Waals surface area contributed by atoms with Crippen LogP contribution in [-0.2, 0) is 24.2 Å². The molecule has 4 aromatic rings. The topological polar surface area (TPSA) is 50.2 Å². The summed E-state index contributed by atoms with van der Waals surface area (Å²) in [6.45, 7) is 21.0. The first-order valence-corrected chi connectivity index (χ1v) is 17.5. The molecule has 1 aliphatic rings. The number of rotatable bonds is 14. The highest BCUT2D eigenvalue weighted by atomic mass is 16.1. The highest BCUT2D eigenvalue weighted by molar-refractivity contribution is 5.95. The summed E-state index contributed by atoms with van der Waals surface area (Å²) in [6.07, 6.45) is 9.76. The largest absolute Gasteiger partial charge is 0.340 e. The number of carbonyl (C=O) groups excluding carboxylic acids is 1. The molecule has 2 aromatic heterocycles. The van der Waals surface area contributed by atoms with E-state index in [1.807, 2.05) is 6.20 Å². The Morgan fingerprint density at radius 3 is 2.59 bits per heavy atom. The second-order valence-electron chi connectivity index (χ2n) is 14.2. The minimum Gasteiger partial charge on any atom is -0.340 e. The number of aryl methyl sites for hydroxylation is 1. The van der Waals surface area contributed by atoms with Gasteiger partial charge in [0.25, 0.3) is 0 Å². The van der Waals surface area contributed by atoms with Crippen LogP contribution in [-0.4, -0.2) is 33.9 Å². The van der Waals surface area contributed by atoms with E-state index in [1.54, 1.807) is 0 Å². The summed E-state index contributed by atoms with van der Waals surface area (Å²) in [4.78, 5) is 16.3. The minimum absolute atomic E-state index is 0.0288. The van der Waals surface area contributed by atoms with Crippen LogP contribution in [0.3, 0.4) is 0 Å². The van der Waals surface area contributed by atoms with Gasteiger partial charge < -0.3 is 14.4 Å². The average Bonchev–Trinajstić information content (AvgIpc) is 3.38. The highest BCUT2D eigenvalue weighted by Crippen LogP contribution is 2.42. The van der Waals surface area contributed by atoms with Crippen molar-refractivity contribution in [1.29, 1.82) is 0 Å². The molecule has 5 rings (SSSR count). The van der Waals surface area contributed by atoms with E-state index in [0.29, 0.717) is 18.3 Å². The smallest absolute Gasteiger partial charge is 0.120 e. The van der Waals surface area contributed by atoms with Crippen LogP contribution >= 0.6 is 0 Å². The van der Waals surface area contributed by atoms with Gasteiger partial charge in [-0.15, -0.1) is 0 Å². The summed E-state index contributed by atoms with van der Waals surface area (Å²) in [5, 5.41) is 3.56. The molecule has 1 saturated heterocycles. The number of aromatic nitrogens is 2. The number of nitrogens with one attached hydrogen (secondary N) is 1. The Morgan fingerprint density at radius 1 is 1.07 bits per heavy atom. The maximum absolute atomic E-state index is 11.4. The molecule has 1 N–H and O–H groups in total. The standard InChI is InChI=1S/C41H54N4O/c1-8-29(3)39-35(17-13-21-42-39)40-37(28-41(6,7)20-14-24-46)36-27-34(18-19-38(36)44(40)9-2)33-16-12-15-32(26-33)25-30(4)31(5)45-23-11-10-22-43-45/h12-13,15-19,21,24,26-27,29-30,43H,5,8-11,14,20,22-23,25,28H2,1-4,6-7H3. The van der Waals surface area contributed by atoms with E-state index < -0.39 is 0 Å². The van der Waals surface area contributed by atoms with E-state index in [2.05, 4.69) is 118 Å². The van der Waals surface area contributed by atoms with Gasteiger partial charge >= 0.3 is 0 Å². The first kappa shape index (κ1) is 33.7. The molecule has 3 heterocycles. The third-order valence-corrected chi connectivity index (χ3v) is 10.1. The molecule has 2 unspecified atom stereocenters. The van der Waals surface area contributed by atoms with Crippen LogP contribution in [0, 0.1) is 11.3 Å². The van der Waals surface area contributed by atoms with Crippen LogP contribution in [0.2, 0.25) is 0 Å². The molecule has 1 fully saturated rings. The van der Waals surface area contributed by atoms with Crippen LogP contribution in [0.4, 0.5) is 0 Å². The lowest BCUT2D eigenvalue weighted by atomic mass is 9.80. The summed E-state index contributed by atoms with van der Waals surface area (Å²) in [5.41, 5.74) is 14.8. The zero-order valence-corrected chi connectivity index (χ0v) is 29.0. The maximum Gasteiger partial charge on any atom is 0.120 e. The van der Waals surface area contributed by atoms with Crippen molar-refractivity contribution in [1.82, 2.24) is 20.0 Å². The van der Waals surface area contributed by atoms with Crippen molar-refractivity contribution in [3.05, 3.63) is 89.9 Å². The minimum atomic E-state index is -0.0288. The molecule has 1 aliphatic heterocycles. The van der Waals surface area contributed by atoms with E-state index in [4.69, 9.17) is 4.98 Å². The van der Waals surface area contributed by atoms with E-state index in [0.717, 1.165) is 57.3 Å². The van der Waals surface area contributed by atoms with Gasteiger partial charge in [-0.3, -0.25) is 4.98 Å². The van der Waals surface area contributed by atoms with E-state index >= 15 is 0 Å². The second-order valence-corrected chi connectivity index (χ2v) is 14.2. The lowest BCUT2D eigenvalue weighted by molar-refractivity contribution is -0.108. The normalized spacial score (nSPS) is 15.2. The molecule has 5 nitrogen and oxygen atoms in total. The predicted molar refractivity (Wildman–Crippen MR) is 194 cm³/mol. The van der Waals surface area contributed by atoms with E-state index in [9.17, 15) is 4.79 Å². The van der Waals surface area contributed by atoms with Gasteiger partial charge in [0.05, 0.1) is 11.4 Å². The molecule has 244 valence electrons. The zero-order valence-electron chi connectivity index (χ0n) is 29.0. The zero-order chi connectivity index (χ0) is 32.8. The average molecular weight is 619 g/mol. The number of hydrazine groups is 1. The lowest BCUT2D eigenvalue weighted by Gasteiger charge is -2.34. The number of hydrogen-bond acceptors (Lipinski definition) is 4. The molecule has 2 atom stereocenters. The first-order chi connectivity index (χ1) is 22.2. The number of carbonyl (C=O) groups is 1. The number of pyridine rings is 1. The van der Waals surface area contributed by atoms with Crippen LogP contribution < -0.4 is 5.43 Å². The Hall–Kier alpha value is -3.70. The fourth-order valence-corrected chi connectivity index (χ4v) is 7.19. The molecule has 0 radical (unpaired) electrons. The third kappa shape index (κ3) is 7.31. The van der Waals surface area contributed by atoms with E-state index in [-0.39, 0.29) is 5.41 Å². The van der Waals surface area contributed by atoms with Crippen LogP contribution in [0.1, 0.15) is 96.4 Å². The Bertz CT molecular complexity index is 1660. The van der Waals surface area contributed by atoms with Gasteiger partial charge in [0.1, 0.15) is 6.29 Å². The Labute approximate surface area is 277 Å². The fraction of sp³-hybridized carbons (Fsp3) is 0.463. The first-order valence-electron chi connectivity index (χ1n) is 17.5. The Kier molecular flexibility index (Phi) is 10.8. The van der Waals surface area contributed by atoms with Crippen LogP contribution in [0.15, 0.2) is 73.1 Å². The summed E-state index contributed by atoms with van der Waals surface area (Å²) >= 11 is 0. The van der Waals surface area contributed by atoms with Gasteiger partial charge in [0.2, 0.25) is 0 Å². The molecule has 5 heteroatoms. The summed E-state index contributed by atoms with van der Waals surface area (Å²) in [5.74, 6) is 0.710. The van der Waals surface area contributed by atoms with Crippen molar-refractivity contribution in [2.45, 2.75) is 99.0 Å². The molecular weight excluding hydrogens is 564 g/mol. The predicted octanol–water partition coefficient (Wildman–Crippen LogP) is 9.74. The van der Waals surface area contributed by atoms with Gasteiger partial charge in [-0.25, -0.2) is 5.43 Å². The van der Waals surface area contributed by atoms with Gasteiger partial charge in [-0.05, 0) is 103 Å². The number of allylic oxidation sites excluding steroid dienone is 1. The fourth-order valence-electron chi connectivity index (χ4n) is 7.19. The van der Waals surface area contributed by atoms with Gasteiger partial charge in [-0.2, -0.15) is 0 Å². The molecule has 0 aliphatic carbocycles. The lowest BCUT2D eigenvalue weighted by Crippen LogP contribution is -2.43. The van der Waals surface area contributed by atoms with Crippen LogP contribution in [0.25, 0.3) is 33.3 Å². The highest BCUT2D eigenvalue weighted by Gasteiger charge is 2.27. The maximum atomic E-state index is 11.4. The molecule has 0 amide bonds. The quantitative estimate of drug-likeness (QED) is 0.143. The number of nitrogens with zero attached hydrogens (tertiary/aromatic N) is 3. The summed E-state index contributed by atoms with van der Waals surface area (Å²) in [7, 11) is 0. The van der Waals surface area contributed by atoms with Crippen LogP contribution in [0.5, 0.6) is 0 Å². The summed E-state index contributed by atoms with van der Waals surface area (Å²) < 4.78 is 2.49. The number of fused-ring (bicyclic) bond motifs is 1. The SMILES string of the molecule is C=C(C(C)Cc1cccc(-c2ccc3c(c2)c(CC(C)(C)CCC=O)c(-c2cccnc2C(C)CC)n3CC)c1)N1CCCCN1. The number of benzene rings is 2.